The first-order chi connectivity index (χ1) is 12.1. The van der Waals surface area contributed by atoms with E-state index in [0.717, 1.165) is 18.1 Å². The van der Waals surface area contributed by atoms with Gasteiger partial charge in [-0.15, -0.1) is 0 Å². The molecular formula is C21H44O3Si. The molecule has 0 atom stereocenters. The Kier molecular flexibility index (Phi) is 16.8. The van der Waals surface area contributed by atoms with Crippen molar-refractivity contribution < 1.29 is 14.3 Å². The van der Waals surface area contributed by atoms with E-state index in [1.807, 2.05) is 0 Å². The average molecular weight is 373 g/mol. The first kappa shape index (κ1) is 24.6. The van der Waals surface area contributed by atoms with Crippen molar-refractivity contribution in [2.24, 2.45) is 0 Å². The summed E-state index contributed by atoms with van der Waals surface area (Å²) in [4.78, 5) is 12.2. The van der Waals surface area contributed by atoms with E-state index < -0.39 is 8.32 Å². The van der Waals surface area contributed by atoms with Crippen molar-refractivity contribution in [1.82, 2.24) is 0 Å². The summed E-state index contributed by atoms with van der Waals surface area (Å²) in [5.74, 6) is -0.157. The largest absolute Gasteiger partial charge is 0.519 e. The fourth-order valence-corrected chi connectivity index (χ4v) is 7.86. The lowest BCUT2D eigenvalue weighted by Crippen LogP contribution is -2.40. The molecule has 0 rings (SSSR count). The van der Waals surface area contributed by atoms with E-state index in [9.17, 15) is 4.79 Å². The molecule has 0 spiro atoms. The van der Waals surface area contributed by atoms with Gasteiger partial charge in [-0.25, -0.2) is 0 Å². The molecule has 0 aliphatic rings. The molecular weight excluding hydrogens is 328 g/mol. The van der Waals surface area contributed by atoms with Gasteiger partial charge in [-0.3, -0.25) is 4.79 Å². The second-order valence-electron chi connectivity index (χ2n) is 7.56. The Balaban J connectivity index is 4.82. The van der Waals surface area contributed by atoms with Crippen LogP contribution < -0.4 is 0 Å². The average Bonchev–Trinajstić information content (AvgIpc) is 2.60. The molecule has 3 nitrogen and oxygen atoms in total. The van der Waals surface area contributed by atoms with Gasteiger partial charge >= 0.3 is 0 Å². The van der Waals surface area contributed by atoms with E-state index in [1.165, 1.54) is 77.0 Å². The lowest BCUT2D eigenvalue weighted by atomic mass is 10.2. The fourth-order valence-electron chi connectivity index (χ4n) is 3.53. The highest BCUT2D eigenvalue weighted by molar-refractivity contribution is 6.75. The number of rotatable bonds is 18. The van der Waals surface area contributed by atoms with Crippen LogP contribution in [0.5, 0.6) is 0 Å². The second kappa shape index (κ2) is 17.1. The van der Waals surface area contributed by atoms with Gasteiger partial charge in [0.15, 0.2) is 0 Å². The summed E-state index contributed by atoms with van der Waals surface area (Å²) in [6.45, 7) is 6.62. The van der Waals surface area contributed by atoms with Gasteiger partial charge in [-0.05, 0) is 18.1 Å². The topological polar surface area (TPSA) is 46.5 Å². The molecule has 0 radical (unpaired) electrons. The van der Waals surface area contributed by atoms with Crippen LogP contribution in [0, 0.1) is 0 Å². The Bertz CT molecular complexity index is 276. The Morgan fingerprint density at radius 1 is 0.720 bits per heavy atom. The van der Waals surface area contributed by atoms with Crippen LogP contribution in [0.15, 0.2) is 0 Å². The third-order valence-electron chi connectivity index (χ3n) is 5.10. The number of hydrogen-bond donors (Lipinski definition) is 1. The number of carbonyl (C=O) groups is 1. The van der Waals surface area contributed by atoms with Crippen molar-refractivity contribution in [3.8, 4) is 0 Å². The molecule has 25 heavy (non-hydrogen) atoms. The van der Waals surface area contributed by atoms with Crippen molar-refractivity contribution in [1.29, 1.82) is 0 Å². The molecule has 0 aliphatic heterocycles. The molecule has 0 fully saturated rings. The predicted molar refractivity (Wildman–Crippen MR) is 110 cm³/mol. The van der Waals surface area contributed by atoms with Crippen molar-refractivity contribution in [3.63, 3.8) is 0 Å². The minimum absolute atomic E-state index is 0.0924. The molecule has 0 saturated carbocycles. The van der Waals surface area contributed by atoms with Gasteiger partial charge in [0.25, 0.3) is 14.3 Å². The summed E-state index contributed by atoms with van der Waals surface area (Å²) < 4.78 is 6.16. The molecule has 0 amide bonds. The van der Waals surface area contributed by atoms with Crippen LogP contribution in [0.25, 0.3) is 0 Å². The lowest BCUT2D eigenvalue weighted by molar-refractivity contribution is -0.136. The third kappa shape index (κ3) is 13.5. The summed E-state index contributed by atoms with van der Waals surface area (Å²) in [6, 6.07) is 3.38. The van der Waals surface area contributed by atoms with E-state index >= 15 is 0 Å². The van der Waals surface area contributed by atoms with Gasteiger partial charge in [-0.2, -0.15) is 0 Å². The third-order valence-corrected chi connectivity index (χ3v) is 9.56. The maximum absolute atomic E-state index is 12.2. The molecule has 0 saturated heterocycles. The smallest absolute Gasteiger partial charge is 0.294 e. The molecule has 0 unspecified atom stereocenters. The van der Waals surface area contributed by atoms with E-state index in [-0.39, 0.29) is 19.0 Å². The van der Waals surface area contributed by atoms with Crippen LogP contribution in [0.4, 0.5) is 0 Å². The normalized spacial score (nSPS) is 11.7. The van der Waals surface area contributed by atoms with Gasteiger partial charge < -0.3 is 9.53 Å². The zero-order valence-corrected chi connectivity index (χ0v) is 18.3. The monoisotopic (exact) mass is 372 g/mol. The van der Waals surface area contributed by atoms with Crippen LogP contribution in [0.1, 0.15) is 104 Å². The minimum atomic E-state index is -2.01. The predicted octanol–water partition coefficient (Wildman–Crippen LogP) is 6.60. The Morgan fingerprint density at radius 2 is 1.12 bits per heavy atom. The van der Waals surface area contributed by atoms with Crippen LogP contribution in [0.3, 0.4) is 0 Å². The highest BCUT2D eigenvalue weighted by Crippen LogP contribution is 2.31. The second-order valence-corrected chi connectivity index (χ2v) is 11.6. The van der Waals surface area contributed by atoms with Gasteiger partial charge in [0, 0.05) is 0 Å². The van der Waals surface area contributed by atoms with E-state index in [0.29, 0.717) is 0 Å². The van der Waals surface area contributed by atoms with Crippen molar-refractivity contribution in [3.05, 3.63) is 0 Å². The molecule has 150 valence electrons. The van der Waals surface area contributed by atoms with E-state index in [1.54, 1.807) is 0 Å². The van der Waals surface area contributed by atoms with Gasteiger partial charge in [0.2, 0.25) is 0 Å². The van der Waals surface area contributed by atoms with Crippen molar-refractivity contribution in [2.75, 3.05) is 6.61 Å². The molecule has 0 aromatic carbocycles. The molecule has 1 N–H and O–H groups in total. The Labute approximate surface area is 158 Å². The summed E-state index contributed by atoms with van der Waals surface area (Å²) >= 11 is 0. The number of carbonyl (C=O) groups excluding carboxylic acids is 1. The number of aliphatic hydroxyl groups is 1. The quantitative estimate of drug-likeness (QED) is 0.218. The summed E-state index contributed by atoms with van der Waals surface area (Å²) in [5.41, 5.74) is 0. The Morgan fingerprint density at radius 3 is 1.44 bits per heavy atom. The van der Waals surface area contributed by atoms with E-state index in [2.05, 4.69) is 20.8 Å². The molecule has 0 bridgehead atoms. The number of aliphatic hydroxyl groups excluding tert-OH is 1. The van der Waals surface area contributed by atoms with E-state index in [4.69, 9.17) is 9.53 Å². The molecule has 0 aromatic heterocycles. The minimum Gasteiger partial charge on any atom is -0.519 e. The first-order valence-electron chi connectivity index (χ1n) is 11.0. The maximum Gasteiger partial charge on any atom is 0.294 e. The Hall–Kier alpha value is -0.353. The number of unbranched alkanes of at least 4 members (excludes halogenated alkanes) is 9. The first-order valence-corrected chi connectivity index (χ1v) is 13.5. The van der Waals surface area contributed by atoms with Gasteiger partial charge in [0.05, 0.1) is 13.0 Å². The van der Waals surface area contributed by atoms with Gasteiger partial charge in [-0.1, -0.05) is 97.8 Å². The molecule has 0 aliphatic carbocycles. The summed E-state index contributed by atoms with van der Waals surface area (Å²) in [7, 11) is -2.01. The molecule has 0 heterocycles. The van der Waals surface area contributed by atoms with Crippen LogP contribution in [0.2, 0.25) is 18.1 Å². The zero-order chi connectivity index (χ0) is 18.8. The summed E-state index contributed by atoms with van der Waals surface area (Å²) in [6.07, 6.45) is 15.1. The van der Waals surface area contributed by atoms with Crippen LogP contribution in [-0.2, 0) is 9.22 Å². The van der Waals surface area contributed by atoms with Gasteiger partial charge in [0.1, 0.15) is 0 Å². The number of hydrogen-bond acceptors (Lipinski definition) is 3. The van der Waals surface area contributed by atoms with Crippen molar-refractivity contribution >= 4 is 14.3 Å². The SMILES string of the molecule is CCCCCC[Si](CCCCCC)(CCCCCC)OC(=O)CCO. The summed E-state index contributed by atoms with van der Waals surface area (Å²) in [5, 5.41) is 9.09. The molecule has 0 aromatic rings. The van der Waals surface area contributed by atoms with Crippen molar-refractivity contribution in [2.45, 2.75) is 122 Å². The highest BCUT2D eigenvalue weighted by Gasteiger charge is 2.36. The van der Waals surface area contributed by atoms with Crippen LogP contribution in [-0.4, -0.2) is 26.0 Å². The molecule has 4 heteroatoms. The zero-order valence-electron chi connectivity index (χ0n) is 17.3. The lowest BCUT2D eigenvalue weighted by Gasteiger charge is -2.31. The fraction of sp³-hybridized carbons (Fsp3) is 0.952. The standard InChI is InChI=1S/C21H44O3Si/c1-4-7-10-13-18-25(19-14-11-8-5-2,20-15-12-9-6-3)24-21(23)16-17-22/h22H,4-20H2,1-3H3. The van der Waals surface area contributed by atoms with Crippen LogP contribution >= 0.6 is 0 Å². The highest BCUT2D eigenvalue weighted by atomic mass is 28.4. The maximum atomic E-state index is 12.2.